The third-order valence-corrected chi connectivity index (χ3v) is 13.1. The van der Waals surface area contributed by atoms with E-state index in [-0.39, 0.29) is 77.9 Å². The molecule has 0 fully saturated rings. The van der Waals surface area contributed by atoms with Crippen LogP contribution in [0, 0.1) is 0 Å². The number of aliphatic hydroxyl groups is 2. The Morgan fingerprint density at radius 1 is 0.317 bits per heavy atom. The molecule has 101 heavy (non-hydrogen) atoms. The van der Waals surface area contributed by atoms with Crippen molar-refractivity contribution < 1.29 is 161 Å². The molecule has 11 atom stereocenters. The minimum Gasteiger partial charge on any atom is -0.481 e. The van der Waals surface area contributed by atoms with Crippen molar-refractivity contribution in [3.05, 3.63) is 0 Å². The zero-order valence-electron chi connectivity index (χ0n) is 55.0. The van der Waals surface area contributed by atoms with Crippen molar-refractivity contribution in [1.29, 1.82) is 0 Å². The molecule has 570 valence electrons. The van der Waals surface area contributed by atoms with E-state index < -0.39 is 238 Å². The smallest absolute Gasteiger partial charge is 0.305 e. The van der Waals surface area contributed by atoms with Crippen LogP contribution in [0.5, 0.6) is 0 Å². The molecule has 0 bridgehead atoms. The van der Waals surface area contributed by atoms with Crippen LogP contribution in [0.2, 0.25) is 0 Å². The summed E-state index contributed by atoms with van der Waals surface area (Å²) in [7, 11) is 0. The highest BCUT2D eigenvalue weighted by Crippen LogP contribution is 2.10. The van der Waals surface area contributed by atoms with Crippen LogP contribution in [-0.2, 0) is 110 Å². The predicted molar refractivity (Wildman–Crippen MR) is 330 cm³/mol. The molecule has 45 nitrogen and oxygen atoms in total. The molecule has 11 unspecified atom stereocenters. The summed E-state index contributed by atoms with van der Waals surface area (Å²) in [5, 5.41) is 123. The summed E-state index contributed by atoms with van der Waals surface area (Å²) in [6.07, 6.45) is -12.0. The molecule has 0 rings (SSSR count). The fraction of sp³-hybridized carbons (Fsp3) is 0.661. The largest absolute Gasteiger partial charge is 0.481 e. The van der Waals surface area contributed by atoms with Crippen molar-refractivity contribution >= 4 is 113 Å². The van der Waals surface area contributed by atoms with Gasteiger partial charge in [-0.3, -0.25) is 102 Å². The molecular weight excluding hydrogens is 1370 g/mol. The monoisotopic (exact) mass is 1460 g/mol. The summed E-state index contributed by atoms with van der Waals surface area (Å²) >= 11 is 0. The SMILES string of the molecule is CCC(=O)C(CCCCNC(=O)COCCOCCNC(=O)C(CC(=O)O)NC(O)C(CC(=O)O)NC(=O)C(CC(=O)O)NC(=O)C(CC(=O)O)NC(C)=O)NC(=O)COCCOCCNC(=O)C(CC(=O)O)NC(O)C(CC(=O)O)NC(=O)C(CC(=O)O)NC(=O)C(CC(=O)O)NC(C)=O. The molecule has 0 aromatic carbocycles. The average molecular weight is 1460 g/mol. The van der Waals surface area contributed by atoms with Crippen LogP contribution in [0.1, 0.15) is 97.8 Å². The number of hydrogen-bond acceptors (Lipinski definition) is 27. The number of ketones is 1. The number of aliphatic carboxylic acids is 8. The zero-order valence-corrected chi connectivity index (χ0v) is 55.0. The number of carbonyl (C=O) groups is 19. The molecule has 0 heterocycles. The lowest BCUT2D eigenvalue weighted by Crippen LogP contribution is -2.60. The first-order chi connectivity index (χ1) is 47.3. The van der Waals surface area contributed by atoms with Crippen LogP contribution < -0.4 is 63.8 Å². The molecule has 0 aliphatic rings. The highest BCUT2D eigenvalue weighted by atomic mass is 16.5. The minimum absolute atomic E-state index is 0.0706. The number of rotatable bonds is 58. The number of amides is 10. The molecule has 0 aromatic rings. The van der Waals surface area contributed by atoms with Gasteiger partial charge in [0.1, 0.15) is 49.8 Å². The fourth-order valence-corrected chi connectivity index (χ4v) is 8.50. The first-order valence-corrected chi connectivity index (χ1v) is 30.7. The number of unbranched alkanes of at least 4 members (excludes halogenated alkanes) is 1. The number of Topliss-reactive ketones (excluding diaryl/α,β-unsaturated/α-hetero) is 1. The van der Waals surface area contributed by atoms with Gasteiger partial charge < -0.3 is 123 Å². The summed E-state index contributed by atoms with van der Waals surface area (Å²) in [6, 6.07) is -16.0. The quantitative estimate of drug-likeness (QED) is 0.0199. The highest BCUT2D eigenvalue weighted by Gasteiger charge is 2.37. The Kier molecular flexibility index (Phi) is 45.1. The van der Waals surface area contributed by atoms with Gasteiger partial charge in [0.25, 0.3) is 0 Å². The number of aliphatic hydroxyl groups excluding tert-OH is 2. The summed E-state index contributed by atoms with van der Waals surface area (Å²) in [5.74, 6) is -23.8. The molecule has 0 aliphatic heterocycles. The first kappa shape index (κ1) is 90.8. The second-order valence-corrected chi connectivity index (χ2v) is 21.7. The van der Waals surface area contributed by atoms with Crippen LogP contribution in [0.25, 0.3) is 0 Å². The molecule has 0 saturated carbocycles. The Bertz CT molecular complexity index is 2830. The van der Waals surface area contributed by atoms with E-state index in [1.54, 1.807) is 6.92 Å². The normalized spacial score (nSPS) is 14.2. The number of carbonyl (C=O) groups excluding carboxylic acids is 11. The maximum Gasteiger partial charge on any atom is 0.305 e. The lowest BCUT2D eigenvalue weighted by molar-refractivity contribution is -0.144. The van der Waals surface area contributed by atoms with Crippen LogP contribution >= 0.6 is 0 Å². The van der Waals surface area contributed by atoms with Crippen LogP contribution in [0.3, 0.4) is 0 Å². The predicted octanol–water partition coefficient (Wildman–Crippen LogP) is -9.66. The molecule has 0 aromatic heterocycles. The van der Waals surface area contributed by atoms with Gasteiger partial charge in [0, 0.05) is 39.9 Å². The molecule has 45 heteroatoms. The van der Waals surface area contributed by atoms with Crippen molar-refractivity contribution in [2.45, 2.75) is 165 Å². The van der Waals surface area contributed by atoms with Gasteiger partial charge >= 0.3 is 47.8 Å². The Labute approximate surface area is 573 Å². The Morgan fingerprint density at radius 3 is 0.970 bits per heavy atom. The van der Waals surface area contributed by atoms with E-state index in [0.717, 1.165) is 13.8 Å². The van der Waals surface area contributed by atoms with Crippen molar-refractivity contribution in [3.63, 3.8) is 0 Å². The third-order valence-electron chi connectivity index (χ3n) is 13.1. The first-order valence-electron chi connectivity index (χ1n) is 30.7. The van der Waals surface area contributed by atoms with Crippen LogP contribution in [-0.4, -0.2) is 303 Å². The molecular formula is C56H88N12O33. The van der Waals surface area contributed by atoms with E-state index in [9.17, 15) is 132 Å². The fourth-order valence-electron chi connectivity index (χ4n) is 8.50. The molecule has 0 spiro atoms. The summed E-state index contributed by atoms with van der Waals surface area (Å²) in [5.41, 5.74) is 0. The van der Waals surface area contributed by atoms with Crippen molar-refractivity contribution in [2.75, 3.05) is 72.5 Å². The van der Waals surface area contributed by atoms with Crippen molar-refractivity contribution in [2.24, 2.45) is 0 Å². The van der Waals surface area contributed by atoms with Crippen molar-refractivity contribution in [3.8, 4) is 0 Å². The van der Waals surface area contributed by atoms with Crippen LogP contribution in [0.15, 0.2) is 0 Å². The zero-order chi connectivity index (χ0) is 76.9. The number of carboxylic acid groups (broad SMARTS) is 8. The average Bonchev–Trinajstić information content (AvgIpc) is 0.866. The minimum atomic E-state index is -2.23. The summed E-state index contributed by atoms with van der Waals surface area (Å²) in [6.45, 7) is 1.16. The van der Waals surface area contributed by atoms with Gasteiger partial charge in [-0.25, -0.2) is 0 Å². The molecule has 10 amide bonds. The van der Waals surface area contributed by atoms with Gasteiger partial charge in [-0.05, 0) is 19.3 Å². The van der Waals surface area contributed by atoms with Gasteiger partial charge in [0.15, 0.2) is 5.78 Å². The number of ether oxygens (including phenoxy) is 4. The van der Waals surface area contributed by atoms with E-state index in [1.165, 1.54) is 0 Å². The Balaban J connectivity index is 5.01. The maximum absolute atomic E-state index is 13.2. The Hall–Kier alpha value is -10.2. The standard InChI is InChI=1S/C56H88N12O33/c1-4-38(71)29(62-40(73)26-101-16-14-99-12-10-59-50(91)31(18-42(76)77)64-54(95)35(22-46(84)85)68-56(97)37(24-48(88)89)66-52(93)33(20-44(80)81)61-28(3)70)7-5-6-8-57-39(72)25-100-15-13-98-11-9-58-49(90)30(17-41(74)75)63-53(94)34(21-45(82)83)67-55(96)36(23-47(86)87)65-51(92)32(19-43(78)79)60-27(2)69/h29-37,53-54,63-64,94-95H,4-26H2,1-3H3,(H,57,72)(H,58,90)(H,59,91)(H,60,69)(H,61,70)(H,62,73)(H,65,92)(H,66,93)(H,67,96)(H,68,97)(H,74,75)(H,76,77)(H,78,79)(H,80,81)(H,82,83)(H,84,85)(H,86,87)(H,88,89). The van der Waals surface area contributed by atoms with E-state index in [0.29, 0.717) is 12.8 Å². The molecule has 0 saturated heterocycles. The Morgan fingerprint density at radius 2 is 0.634 bits per heavy atom. The van der Waals surface area contributed by atoms with Gasteiger partial charge in [0.05, 0.1) is 121 Å². The van der Waals surface area contributed by atoms with Crippen LogP contribution in [0.4, 0.5) is 0 Å². The van der Waals surface area contributed by atoms with E-state index in [4.69, 9.17) is 29.2 Å². The topological polar surface area (TPSA) is 708 Å². The van der Waals surface area contributed by atoms with Gasteiger partial charge in [-0.2, -0.15) is 0 Å². The number of nitrogens with one attached hydrogen (secondary N) is 12. The summed E-state index contributed by atoms with van der Waals surface area (Å²) in [4.78, 5) is 231. The lowest BCUT2D eigenvalue weighted by atomic mass is 10.0. The van der Waals surface area contributed by atoms with E-state index in [1.807, 2.05) is 31.9 Å². The second-order valence-electron chi connectivity index (χ2n) is 21.7. The maximum atomic E-state index is 13.2. The molecule has 0 aliphatic carbocycles. The van der Waals surface area contributed by atoms with Gasteiger partial charge in [-0.15, -0.1) is 0 Å². The van der Waals surface area contributed by atoms with Gasteiger partial charge in [0.2, 0.25) is 59.1 Å². The number of hydrogen-bond donors (Lipinski definition) is 22. The van der Waals surface area contributed by atoms with Gasteiger partial charge in [-0.1, -0.05) is 6.92 Å². The second kappa shape index (κ2) is 50.2. The lowest BCUT2D eigenvalue weighted by Gasteiger charge is -2.29. The van der Waals surface area contributed by atoms with E-state index >= 15 is 0 Å². The third kappa shape index (κ3) is 43.8. The number of carboxylic acids is 8. The molecule has 22 N–H and O–H groups in total. The summed E-state index contributed by atoms with van der Waals surface area (Å²) < 4.78 is 21.2. The highest BCUT2D eigenvalue weighted by molar-refractivity contribution is 5.97. The van der Waals surface area contributed by atoms with Crippen molar-refractivity contribution in [1.82, 2.24) is 63.8 Å². The van der Waals surface area contributed by atoms with E-state index in [2.05, 4.69) is 31.9 Å². The molecule has 0 radical (unpaired) electrons.